The number of pyridine rings is 1. The van der Waals surface area contributed by atoms with Gasteiger partial charge >= 0.3 is 0 Å². The number of thiocarbonyl (C=S) groups is 1. The summed E-state index contributed by atoms with van der Waals surface area (Å²) in [7, 11) is 0. The van der Waals surface area contributed by atoms with Gasteiger partial charge in [-0.1, -0.05) is 12.2 Å². The van der Waals surface area contributed by atoms with E-state index >= 15 is 0 Å². The number of nitrogens with one attached hydrogen (secondary N) is 1. The van der Waals surface area contributed by atoms with E-state index in [1.165, 1.54) is 0 Å². The van der Waals surface area contributed by atoms with Crippen molar-refractivity contribution in [3.05, 3.63) is 40.0 Å². The number of rotatable bonds is 4. The van der Waals surface area contributed by atoms with Crippen LogP contribution in [0.1, 0.15) is 16.8 Å². The van der Waals surface area contributed by atoms with E-state index in [2.05, 4.69) is 15.3 Å². The van der Waals surface area contributed by atoms with E-state index in [0.717, 1.165) is 16.8 Å². The number of aryl methyl sites for hydroxylation is 1. The molecular weight excluding hydrogens is 252 g/mol. The fourth-order valence-corrected chi connectivity index (χ4v) is 2.32. The van der Waals surface area contributed by atoms with Crippen LogP contribution in [-0.2, 0) is 6.54 Å². The van der Waals surface area contributed by atoms with Gasteiger partial charge in [0.15, 0.2) is 0 Å². The second-order valence-corrected chi connectivity index (χ2v) is 4.71. The van der Waals surface area contributed by atoms with Crippen molar-refractivity contribution in [3.63, 3.8) is 0 Å². The summed E-state index contributed by atoms with van der Waals surface area (Å²) in [6.45, 7) is 2.58. The molecule has 2 aromatic rings. The first kappa shape index (κ1) is 11.9. The van der Waals surface area contributed by atoms with E-state index in [1.54, 1.807) is 23.0 Å². The van der Waals surface area contributed by atoms with Crippen molar-refractivity contribution in [1.29, 1.82) is 0 Å². The Balaban J connectivity index is 2.21. The second-order valence-electron chi connectivity index (χ2n) is 3.55. The molecular formula is C11H12N4S2. The van der Waals surface area contributed by atoms with Crippen LogP contribution in [0, 0.1) is 6.92 Å². The average molecular weight is 264 g/mol. The Morgan fingerprint density at radius 2 is 2.35 bits per heavy atom. The molecule has 0 aliphatic heterocycles. The van der Waals surface area contributed by atoms with Gasteiger partial charge in [-0.25, -0.2) is 9.97 Å². The molecule has 88 valence electrons. The van der Waals surface area contributed by atoms with Crippen LogP contribution in [0.2, 0.25) is 0 Å². The lowest BCUT2D eigenvalue weighted by Crippen LogP contribution is -2.16. The molecule has 0 aliphatic rings. The highest BCUT2D eigenvalue weighted by molar-refractivity contribution is 7.80. The van der Waals surface area contributed by atoms with E-state index in [-0.39, 0.29) is 0 Å². The Bertz CT molecular complexity index is 522. The molecule has 6 heteroatoms. The van der Waals surface area contributed by atoms with Crippen LogP contribution in [0.4, 0.5) is 5.82 Å². The minimum atomic E-state index is 0.358. The normalized spacial score (nSPS) is 10.2. The standard InChI is InChI=1S/C11H12N4S2/c1-7-2-3-13-11(9(7)10(12)16)14-4-8-5-17-6-15-8/h2-3,5-6H,4H2,1H3,(H2,12,16)(H,13,14). The Morgan fingerprint density at radius 1 is 1.53 bits per heavy atom. The first-order valence-electron chi connectivity index (χ1n) is 5.05. The molecule has 0 bridgehead atoms. The number of hydrogen-bond donors (Lipinski definition) is 2. The third-order valence-electron chi connectivity index (χ3n) is 2.33. The van der Waals surface area contributed by atoms with E-state index in [9.17, 15) is 0 Å². The van der Waals surface area contributed by atoms with Gasteiger partial charge in [-0.3, -0.25) is 0 Å². The highest BCUT2D eigenvalue weighted by atomic mass is 32.1. The van der Waals surface area contributed by atoms with Gasteiger partial charge < -0.3 is 11.1 Å². The maximum Gasteiger partial charge on any atom is 0.136 e. The van der Waals surface area contributed by atoms with Crippen molar-refractivity contribution in [1.82, 2.24) is 9.97 Å². The van der Waals surface area contributed by atoms with Crippen LogP contribution in [0.15, 0.2) is 23.2 Å². The molecule has 0 unspecified atom stereocenters. The van der Waals surface area contributed by atoms with Crippen molar-refractivity contribution >= 4 is 34.4 Å². The number of aromatic nitrogens is 2. The Morgan fingerprint density at radius 3 is 3.00 bits per heavy atom. The molecule has 2 aromatic heterocycles. The van der Waals surface area contributed by atoms with E-state index < -0.39 is 0 Å². The number of thiazole rings is 1. The van der Waals surface area contributed by atoms with Gasteiger partial charge in [0, 0.05) is 11.6 Å². The van der Waals surface area contributed by atoms with Crippen LogP contribution in [-0.4, -0.2) is 15.0 Å². The van der Waals surface area contributed by atoms with Crippen molar-refractivity contribution in [2.45, 2.75) is 13.5 Å². The number of nitrogens with zero attached hydrogens (tertiary/aromatic N) is 2. The first-order valence-corrected chi connectivity index (χ1v) is 6.40. The predicted molar refractivity (Wildman–Crippen MR) is 74.3 cm³/mol. The Labute approximate surface area is 109 Å². The third kappa shape index (κ3) is 2.78. The molecule has 0 saturated carbocycles. The van der Waals surface area contributed by atoms with E-state index in [4.69, 9.17) is 18.0 Å². The Hall–Kier alpha value is -1.53. The molecule has 0 atom stereocenters. The van der Waals surface area contributed by atoms with E-state index in [1.807, 2.05) is 18.4 Å². The molecule has 3 N–H and O–H groups in total. The van der Waals surface area contributed by atoms with E-state index in [0.29, 0.717) is 17.4 Å². The summed E-state index contributed by atoms with van der Waals surface area (Å²) in [6.07, 6.45) is 1.74. The zero-order valence-electron chi connectivity index (χ0n) is 9.30. The van der Waals surface area contributed by atoms with Crippen molar-refractivity contribution in [2.24, 2.45) is 5.73 Å². The average Bonchev–Trinajstić information content (AvgIpc) is 2.78. The number of nitrogens with two attached hydrogens (primary N) is 1. The molecule has 0 amide bonds. The summed E-state index contributed by atoms with van der Waals surface area (Å²) in [6, 6.07) is 1.89. The number of anilines is 1. The molecule has 2 rings (SSSR count). The number of hydrogen-bond acceptors (Lipinski definition) is 5. The van der Waals surface area contributed by atoms with Crippen LogP contribution in [0.5, 0.6) is 0 Å². The van der Waals surface area contributed by atoms with Crippen molar-refractivity contribution in [2.75, 3.05) is 5.32 Å². The fraction of sp³-hybridized carbons (Fsp3) is 0.182. The van der Waals surface area contributed by atoms with Gasteiger partial charge in [0.2, 0.25) is 0 Å². The maximum absolute atomic E-state index is 5.70. The Kier molecular flexibility index (Phi) is 3.65. The maximum atomic E-state index is 5.70. The van der Waals surface area contributed by atoms with Crippen LogP contribution < -0.4 is 11.1 Å². The molecule has 0 fully saturated rings. The smallest absolute Gasteiger partial charge is 0.136 e. The lowest BCUT2D eigenvalue weighted by molar-refractivity contribution is 1.05. The molecule has 2 heterocycles. The summed E-state index contributed by atoms with van der Waals surface area (Å²) in [4.78, 5) is 8.81. The van der Waals surface area contributed by atoms with Crippen LogP contribution in [0.3, 0.4) is 0 Å². The summed E-state index contributed by atoms with van der Waals surface area (Å²) < 4.78 is 0. The lowest BCUT2D eigenvalue weighted by Gasteiger charge is -2.11. The summed E-state index contributed by atoms with van der Waals surface area (Å²) >= 11 is 6.60. The highest BCUT2D eigenvalue weighted by Crippen LogP contribution is 2.17. The molecule has 0 aliphatic carbocycles. The minimum absolute atomic E-state index is 0.358. The van der Waals surface area contributed by atoms with Crippen molar-refractivity contribution in [3.8, 4) is 0 Å². The first-order chi connectivity index (χ1) is 8.18. The molecule has 0 aromatic carbocycles. The van der Waals surface area contributed by atoms with Gasteiger partial charge in [-0.2, -0.15) is 0 Å². The van der Waals surface area contributed by atoms with Gasteiger partial charge in [-0.15, -0.1) is 11.3 Å². The monoisotopic (exact) mass is 264 g/mol. The third-order valence-corrected chi connectivity index (χ3v) is 3.17. The quantitative estimate of drug-likeness (QED) is 0.828. The molecule has 0 spiro atoms. The predicted octanol–water partition coefficient (Wildman–Crippen LogP) is 2.09. The summed E-state index contributed by atoms with van der Waals surface area (Å²) in [5.41, 5.74) is 10.3. The molecule has 0 saturated heterocycles. The van der Waals surface area contributed by atoms with Crippen molar-refractivity contribution < 1.29 is 0 Å². The second kappa shape index (κ2) is 5.20. The van der Waals surface area contributed by atoms with Gasteiger partial charge in [0.25, 0.3) is 0 Å². The van der Waals surface area contributed by atoms with Gasteiger partial charge in [0.1, 0.15) is 10.8 Å². The molecule has 4 nitrogen and oxygen atoms in total. The molecule has 17 heavy (non-hydrogen) atoms. The SMILES string of the molecule is Cc1ccnc(NCc2cscn2)c1C(N)=S. The fourth-order valence-electron chi connectivity index (χ4n) is 1.50. The van der Waals surface area contributed by atoms with Crippen LogP contribution in [0.25, 0.3) is 0 Å². The van der Waals surface area contributed by atoms with Crippen LogP contribution >= 0.6 is 23.6 Å². The summed E-state index contributed by atoms with van der Waals surface area (Å²) in [5, 5.41) is 5.19. The minimum Gasteiger partial charge on any atom is -0.389 e. The largest absolute Gasteiger partial charge is 0.389 e. The summed E-state index contributed by atoms with van der Waals surface area (Å²) in [5.74, 6) is 0.713. The van der Waals surface area contributed by atoms with Gasteiger partial charge in [-0.05, 0) is 18.6 Å². The zero-order valence-corrected chi connectivity index (χ0v) is 10.9. The van der Waals surface area contributed by atoms with Gasteiger partial charge in [0.05, 0.1) is 23.3 Å². The molecule has 0 radical (unpaired) electrons. The topological polar surface area (TPSA) is 63.8 Å². The lowest BCUT2D eigenvalue weighted by atomic mass is 10.1. The zero-order chi connectivity index (χ0) is 12.3. The highest BCUT2D eigenvalue weighted by Gasteiger charge is 2.09.